The highest BCUT2D eigenvalue weighted by atomic mass is 16.5. The van der Waals surface area contributed by atoms with Gasteiger partial charge in [-0.05, 0) is 36.4 Å². The lowest BCUT2D eigenvalue weighted by molar-refractivity contribution is -0.137. The number of nitrogens with one attached hydrogen (secondary N) is 1. The van der Waals surface area contributed by atoms with Crippen LogP contribution in [-0.4, -0.2) is 76.4 Å². The van der Waals surface area contributed by atoms with Gasteiger partial charge in [0.2, 0.25) is 11.8 Å². The van der Waals surface area contributed by atoms with E-state index >= 15 is 0 Å². The lowest BCUT2D eigenvalue weighted by Gasteiger charge is -2.28. The van der Waals surface area contributed by atoms with Gasteiger partial charge in [0.1, 0.15) is 19.0 Å². The standard InChI is InChI=1S/C23H29N3O5/c1-25(23(28)18-30-15-16-31-21-5-3-2-4-6-21)17-22(27)24-19-7-9-20(10-8-19)26-11-13-29-14-12-26/h2-10H,11-18H2,1H3,(H,24,27). The molecular weight excluding hydrogens is 398 g/mol. The van der Waals surface area contributed by atoms with Crippen LogP contribution in [0.25, 0.3) is 0 Å². The maximum atomic E-state index is 12.3. The molecule has 8 heteroatoms. The molecule has 1 heterocycles. The van der Waals surface area contributed by atoms with Crippen molar-refractivity contribution in [1.82, 2.24) is 4.90 Å². The number of hydrogen-bond acceptors (Lipinski definition) is 6. The molecular formula is C23H29N3O5. The van der Waals surface area contributed by atoms with Gasteiger partial charge in [-0.3, -0.25) is 9.59 Å². The molecule has 0 unspecified atom stereocenters. The number of para-hydroxylation sites is 1. The van der Waals surface area contributed by atoms with Crippen molar-refractivity contribution in [3.63, 3.8) is 0 Å². The molecule has 2 aromatic carbocycles. The molecule has 0 atom stereocenters. The molecule has 0 saturated carbocycles. The quantitative estimate of drug-likeness (QED) is 0.585. The van der Waals surface area contributed by atoms with Crippen LogP contribution in [0.15, 0.2) is 54.6 Å². The Bertz CT molecular complexity index is 823. The molecule has 2 amide bonds. The summed E-state index contributed by atoms with van der Waals surface area (Å²) in [5.41, 5.74) is 1.79. The summed E-state index contributed by atoms with van der Waals surface area (Å²) < 4.78 is 16.2. The van der Waals surface area contributed by atoms with E-state index in [0.717, 1.165) is 37.7 Å². The lowest BCUT2D eigenvalue weighted by atomic mass is 10.2. The summed E-state index contributed by atoms with van der Waals surface area (Å²) in [5.74, 6) is 0.226. The average molecular weight is 428 g/mol. The van der Waals surface area contributed by atoms with Crippen LogP contribution in [0.3, 0.4) is 0 Å². The number of ether oxygens (including phenoxy) is 3. The van der Waals surface area contributed by atoms with Crippen molar-refractivity contribution in [2.24, 2.45) is 0 Å². The third-order valence-corrected chi connectivity index (χ3v) is 4.80. The zero-order valence-electron chi connectivity index (χ0n) is 17.8. The summed E-state index contributed by atoms with van der Waals surface area (Å²) in [6, 6.07) is 17.1. The fourth-order valence-corrected chi connectivity index (χ4v) is 3.09. The van der Waals surface area contributed by atoms with E-state index in [-0.39, 0.29) is 31.6 Å². The molecule has 166 valence electrons. The number of carbonyl (C=O) groups is 2. The Hall–Kier alpha value is -3.10. The molecule has 1 aliphatic heterocycles. The van der Waals surface area contributed by atoms with Gasteiger partial charge in [-0.25, -0.2) is 0 Å². The van der Waals surface area contributed by atoms with Crippen LogP contribution < -0.4 is 15.0 Å². The Kier molecular flexibility index (Phi) is 8.69. The molecule has 1 aliphatic rings. The first-order valence-electron chi connectivity index (χ1n) is 10.3. The van der Waals surface area contributed by atoms with Crippen molar-refractivity contribution >= 4 is 23.2 Å². The SMILES string of the molecule is CN(CC(=O)Nc1ccc(N2CCOCC2)cc1)C(=O)COCCOc1ccccc1. The molecule has 0 radical (unpaired) electrons. The van der Waals surface area contributed by atoms with E-state index < -0.39 is 0 Å². The molecule has 0 spiro atoms. The van der Waals surface area contributed by atoms with Crippen molar-refractivity contribution in [3.05, 3.63) is 54.6 Å². The number of hydrogen-bond donors (Lipinski definition) is 1. The molecule has 1 saturated heterocycles. The highest BCUT2D eigenvalue weighted by Gasteiger charge is 2.14. The highest BCUT2D eigenvalue weighted by Crippen LogP contribution is 2.19. The zero-order chi connectivity index (χ0) is 21.9. The minimum Gasteiger partial charge on any atom is -0.491 e. The molecule has 1 fully saturated rings. The number of morpholine rings is 1. The van der Waals surface area contributed by atoms with Gasteiger partial charge in [0.05, 0.1) is 26.4 Å². The molecule has 8 nitrogen and oxygen atoms in total. The number of nitrogens with zero attached hydrogens (tertiary/aromatic N) is 2. The van der Waals surface area contributed by atoms with Gasteiger partial charge < -0.3 is 29.3 Å². The van der Waals surface area contributed by atoms with E-state index in [1.54, 1.807) is 7.05 Å². The van der Waals surface area contributed by atoms with Crippen molar-refractivity contribution < 1.29 is 23.8 Å². The zero-order valence-corrected chi connectivity index (χ0v) is 17.8. The highest BCUT2D eigenvalue weighted by molar-refractivity contribution is 5.94. The van der Waals surface area contributed by atoms with E-state index in [4.69, 9.17) is 14.2 Å². The maximum Gasteiger partial charge on any atom is 0.248 e. The predicted molar refractivity (Wildman–Crippen MR) is 118 cm³/mol. The van der Waals surface area contributed by atoms with Crippen LogP contribution in [0, 0.1) is 0 Å². The second kappa shape index (κ2) is 11.9. The number of carbonyl (C=O) groups excluding carboxylic acids is 2. The third kappa shape index (κ3) is 7.58. The fraction of sp³-hybridized carbons (Fsp3) is 0.391. The molecule has 1 N–H and O–H groups in total. The van der Waals surface area contributed by atoms with E-state index in [1.807, 2.05) is 54.6 Å². The second-order valence-corrected chi connectivity index (χ2v) is 7.16. The van der Waals surface area contributed by atoms with Crippen molar-refractivity contribution in [1.29, 1.82) is 0 Å². The smallest absolute Gasteiger partial charge is 0.248 e. The first-order valence-corrected chi connectivity index (χ1v) is 10.3. The van der Waals surface area contributed by atoms with Crippen LogP contribution in [0.1, 0.15) is 0 Å². The van der Waals surface area contributed by atoms with E-state index in [0.29, 0.717) is 12.3 Å². The van der Waals surface area contributed by atoms with Crippen LogP contribution >= 0.6 is 0 Å². The van der Waals surface area contributed by atoms with Crippen LogP contribution in [0.2, 0.25) is 0 Å². The van der Waals surface area contributed by atoms with Crippen molar-refractivity contribution in [2.45, 2.75) is 0 Å². The monoisotopic (exact) mass is 427 g/mol. The molecule has 0 aromatic heterocycles. The number of rotatable bonds is 10. The average Bonchev–Trinajstić information content (AvgIpc) is 2.80. The Morgan fingerprint density at radius 1 is 1.03 bits per heavy atom. The topological polar surface area (TPSA) is 80.3 Å². The largest absolute Gasteiger partial charge is 0.491 e. The van der Waals surface area contributed by atoms with E-state index in [1.165, 1.54) is 4.90 Å². The first kappa shape index (κ1) is 22.6. The third-order valence-electron chi connectivity index (χ3n) is 4.80. The summed E-state index contributed by atoms with van der Waals surface area (Å²) in [6.45, 7) is 3.66. The minimum atomic E-state index is -0.266. The number of likely N-dealkylation sites (N-methyl/N-ethyl adjacent to an activating group) is 1. The van der Waals surface area contributed by atoms with E-state index in [2.05, 4.69) is 10.2 Å². The number of anilines is 2. The minimum absolute atomic E-state index is 0.0477. The first-order chi connectivity index (χ1) is 15.1. The van der Waals surface area contributed by atoms with Crippen molar-refractivity contribution in [2.75, 3.05) is 69.9 Å². The fourth-order valence-electron chi connectivity index (χ4n) is 3.09. The Labute approximate surface area is 182 Å². The summed E-state index contributed by atoms with van der Waals surface area (Å²) in [5, 5.41) is 2.82. The Morgan fingerprint density at radius 2 is 1.74 bits per heavy atom. The molecule has 2 aromatic rings. The van der Waals surface area contributed by atoms with Gasteiger partial charge in [-0.2, -0.15) is 0 Å². The Balaban J connectivity index is 1.33. The lowest BCUT2D eigenvalue weighted by Crippen LogP contribution is -2.37. The van der Waals surface area contributed by atoms with Gasteiger partial charge in [-0.1, -0.05) is 18.2 Å². The van der Waals surface area contributed by atoms with Crippen molar-refractivity contribution in [3.8, 4) is 5.75 Å². The summed E-state index contributed by atoms with van der Waals surface area (Å²) in [4.78, 5) is 28.0. The molecule has 0 bridgehead atoms. The summed E-state index contributed by atoms with van der Waals surface area (Å²) >= 11 is 0. The second-order valence-electron chi connectivity index (χ2n) is 7.16. The van der Waals surface area contributed by atoms with Gasteiger partial charge in [-0.15, -0.1) is 0 Å². The van der Waals surface area contributed by atoms with Crippen LogP contribution in [0.4, 0.5) is 11.4 Å². The van der Waals surface area contributed by atoms with Gasteiger partial charge >= 0.3 is 0 Å². The normalized spacial score (nSPS) is 13.5. The molecule has 0 aliphatic carbocycles. The number of benzene rings is 2. The van der Waals surface area contributed by atoms with Gasteiger partial charge in [0, 0.05) is 31.5 Å². The summed E-state index contributed by atoms with van der Waals surface area (Å²) in [6.07, 6.45) is 0. The number of amides is 2. The Morgan fingerprint density at radius 3 is 2.45 bits per heavy atom. The van der Waals surface area contributed by atoms with Crippen LogP contribution in [0.5, 0.6) is 5.75 Å². The van der Waals surface area contributed by atoms with E-state index in [9.17, 15) is 9.59 Å². The van der Waals surface area contributed by atoms with Gasteiger partial charge in [0.15, 0.2) is 0 Å². The van der Waals surface area contributed by atoms with Gasteiger partial charge in [0.25, 0.3) is 0 Å². The molecule has 31 heavy (non-hydrogen) atoms. The predicted octanol–water partition coefficient (Wildman–Crippen LogP) is 2.02. The summed E-state index contributed by atoms with van der Waals surface area (Å²) in [7, 11) is 1.58. The van der Waals surface area contributed by atoms with Crippen LogP contribution in [-0.2, 0) is 19.1 Å². The maximum absolute atomic E-state index is 12.3. The molecule has 3 rings (SSSR count).